The van der Waals surface area contributed by atoms with Crippen LogP contribution in [0.1, 0.15) is 23.5 Å². The first-order valence-corrected chi connectivity index (χ1v) is 11.1. The number of para-hydroxylation sites is 2. The lowest BCUT2D eigenvalue weighted by molar-refractivity contribution is 0.472. The molecule has 31 heavy (non-hydrogen) atoms. The molecule has 5 nitrogen and oxygen atoms in total. The van der Waals surface area contributed by atoms with Gasteiger partial charge in [0.05, 0.1) is 17.4 Å². The summed E-state index contributed by atoms with van der Waals surface area (Å²) in [5, 5.41) is 14.6. The number of halogens is 1. The van der Waals surface area contributed by atoms with Gasteiger partial charge in [0.15, 0.2) is 5.11 Å². The van der Waals surface area contributed by atoms with Crippen molar-refractivity contribution < 1.29 is 5.11 Å². The fraction of sp³-hybridized carbons (Fsp3) is 0.0833. The number of phenols is 1. The summed E-state index contributed by atoms with van der Waals surface area (Å²) in [5.74, 6) is 0.180. The van der Waals surface area contributed by atoms with Crippen LogP contribution in [-0.4, -0.2) is 19.8 Å². The van der Waals surface area contributed by atoms with Gasteiger partial charge in [0, 0.05) is 28.2 Å². The van der Waals surface area contributed by atoms with Crippen LogP contribution >= 0.6 is 28.1 Å². The molecular weight excluding hydrogens is 472 g/mol. The quantitative estimate of drug-likeness (QED) is 0.369. The number of rotatable bonds is 4. The highest BCUT2D eigenvalue weighted by Gasteiger charge is 2.42. The van der Waals surface area contributed by atoms with E-state index < -0.39 is 0 Å². The average molecular weight is 491 g/mol. The lowest BCUT2D eigenvalue weighted by atomic mass is 10.0. The number of aromatic hydroxyl groups is 1. The van der Waals surface area contributed by atoms with Crippen LogP contribution in [0, 0.1) is 0 Å². The molecule has 0 radical (unpaired) electrons. The second-order valence-corrected chi connectivity index (χ2v) is 8.57. The van der Waals surface area contributed by atoms with Crippen molar-refractivity contribution in [1.82, 2.24) is 14.9 Å². The molecule has 1 fully saturated rings. The Morgan fingerprint density at radius 3 is 2.58 bits per heavy atom. The van der Waals surface area contributed by atoms with Gasteiger partial charge >= 0.3 is 0 Å². The van der Waals surface area contributed by atoms with E-state index in [1.54, 1.807) is 18.3 Å². The largest absolute Gasteiger partial charge is 0.506 e. The van der Waals surface area contributed by atoms with Gasteiger partial charge < -0.3 is 19.9 Å². The molecule has 4 aromatic rings. The minimum absolute atomic E-state index is 0.180. The first-order chi connectivity index (χ1) is 15.1. The number of thiocarbonyl (C=S) groups is 1. The van der Waals surface area contributed by atoms with Crippen molar-refractivity contribution in [1.29, 1.82) is 0 Å². The molecule has 1 aliphatic heterocycles. The van der Waals surface area contributed by atoms with Gasteiger partial charge in [0.2, 0.25) is 0 Å². The molecule has 2 aromatic heterocycles. The molecule has 3 heterocycles. The maximum atomic E-state index is 10.6. The Bertz CT molecular complexity index is 1240. The van der Waals surface area contributed by atoms with Gasteiger partial charge in [-0.25, -0.2) is 0 Å². The Morgan fingerprint density at radius 1 is 0.968 bits per heavy atom. The van der Waals surface area contributed by atoms with Crippen LogP contribution in [0.15, 0.2) is 95.7 Å². The first kappa shape index (κ1) is 19.8. The van der Waals surface area contributed by atoms with Crippen LogP contribution in [0.25, 0.3) is 5.69 Å². The van der Waals surface area contributed by atoms with Gasteiger partial charge in [-0.2, -0.15) is 0 Å². The summed E-state index contributed by atoms with van der Waals surface area (Å²) in [6.07, 6.45) is 3.82. The van der Waals surface area contributed by atoms with Gasteiger partial charge in [-0.3, -0.25) is 4.98 Å². The number of hydrogen-bond donors (Lipinski definition) is 2. The summed E-state index contributed by atoms with van der Waals surface area (Å²) in [6, 6.07) is 25.0. The van der Waals surface area contributed by atoms with E-state index in [1.165, 1.54) is 0 Å². The molecule has 0 bridgehead atoms. The van der Waals surface area contributed by atoms with Crippen molar-refractivity contribution in [2.75, 3.05) is 4.90 Å². The Morgan fingerprint density at radius 2 is 1.81 bits per heavy atom. The Hall–Kier alpha value is -3.16. The molecule has 2 atom stereocenters. The van der Waals surface area contributed by atoms with E-state index in [-0.39, 0.29) is 17.8 Å². The highest BCUT2D eigenvalue weighted by atomic mass is 79.9. The lowest BCUT2D eigenvalue weighted by Crippen LogP contribution is -2.30. The molecule has 0 spiro atoms. The lowest BCUT2D eigenvalue weighted by Gasteiger charge is -2.29. The van der Waals surface area contributed by atoms with Gasteiger partial charge in [-0.1, -0.05) is 40.2 Å². The maximum Gasteiger partial charge on any atom is 0.174 e. The smallest absolute Gasteiger partial charge is 0.174 e. The summed E-state index contributed by atoms with van der Waals surface area (Å²) in [5.41, 5.74) is 3.61. The third kappa shape index (κ3) is 3.60. The predicted octanol–water partition coefficient (Wildman–Crippen LogP) is 5.52. The number of phenolic OH excluding ortho intramolecular Hbond substituents is 1. The van der Waals surface area contributed by atoms with Gasteiger partial charge in [-0.05, 0) is 66.8 Å². The zero-order valence-electron chi connectivity index (χ0n) is 16.4. The van der Waals surface area contributed by atoms with E-state index in [9.17, 15) is 5.11 Å². The summed E-state index contributed by atoms with van der Waals surface area (Å²) in [4.78, 5) is 6.57. The Kier molecular flexibility index (Phi) is 5.21. The SMILES string of the molecule is Oc1ccccc1N1C(=S)NC(c2ccccn2)C1c1cccn1-c1cccc(Br)c1. The van der Waals surface area contributed by atoms with Gasteiger partial charge in [-0.15, -0.1) is 0 Å². The first-order valence-electron chi connectivity index (χ1n) is 9.85. The molecule has 1 saturated heterocycles. The zero-order chi connectivity index (χ0) is 21.4. The molecule has 0 aliphatic carbocycles. The van der Waals surface area contributed by atoms with Crippen LogP contribution < -0.4 is 10.2 Å². The Labute approximate surface area is 194 Å². The summed E-state index contributed by atoms with van der Waals surface area (Å²) < 4.78 is 3.15. The van der Waals surface area contributed by atoms with Gasteiger partial charge in [0.1, 0.15) is 11.8 Å². The molecule has 154 valence electrons. The normalized spacial score (nSPS) is 18.2. The highest BCUT2D eigenvalue weighted by molar-refractivity contribution is 9.10. The van der Waals surface area contributed by atoms with E-state index in [4.69, 9.17) is 12.2 Å². The number of anilines is 1. The molecular formula is C24H19BrN4OS. The maximum absolute atomic E-state index is 10.6. The molecule has 1 aliphatic rings. The van der Waals surface area contributed by atoms with E-state index in [0.29, 0.717) is 10.8 Å². The molecule has 5 rings (SSSR count). The van der Waals surface area contributed by atoms with E-state index >= 15 is 0 Å². The molecule has 0 amide bonds. The second kappa shape index (κ2) is 8.17. The van der Waals surface area contributed by atoms with Crippen molar-refractivity contribution in [2.45, 2.75) is 12.1 Å². The van der Waals surface area contributed by atoms with Crippen molar-refractivity contribution in [2.24, 2.45) is 0 Å². The van der Waals surface area contributed by atoms with Crippen molar-refractivity contribution in [3.63, 3.8) is 0 Å². The number of pyridine rings is 1. The standard InChI is InChI=1S/C24H19BrN4OS/c25-16-7-5-8-17(15-16)28-14-6-11-20(28)23-22(18-9-3-4-13-26-18)27-24(31)29(23)19-10-1-2-12-21(19)30/h1-15,22-23,30H,(H,27,31). The van der Waals surface area contributed by atoms with Crippen molar-refractivity contribution in [3.05, 3.63) is 107 Å². The summed E-state index contributed by atoms with van der Waals surface area (Å²) in [6.45, 7) is 0. The fourth-order valence-corrected chi connectivity index (χ4v) is 4.80. The third-order valence-corrected chi connectivity index (χ3v) is 6.22. The van der Waals surface area contributed by atoms with Crippen LogP contribution in [0.4, 0.5) is 5.69 Å². The van der Waals surface area contributed by atoms with E-state index in [2.05, 4.69) is 49.0 Å². The van der Waals surface area contributed by atoms with Crippen molar-refractivity contribution in [3.8, 4) is 11.4 Å². The second-order valence-electron chi connectivity index (χ2n) is 7.27. The molecule has 2 unspecified atom stereocenters. The number of hydrogen-bond acceptors (Lipinski definition) is 3. The zero-order valence-corrected chi connectivity index (χ0v) is 18.8. The molecule has 7 heteroatoms. The highest BCUT2D eigenvalue weighted by Crippen LogP contribution is 2.44. The van der Waals surface area contributed by atoms with Crippen LogP contribution in [0.2, 0.25) is 0 Å². The van der Waals surface area contributed by atoms with Crippen LogP contribution in [-0.2, 0) is 0 Å². The fourth-order valence-electron chi connectivity index (χ4n) is 4.08. The molecule has 2 N–H and O–H groups in total. The average Bonchev–Trinajstić information content (AvgIpc) is 3.39. The van der Waals surface area contributed by atoms with Crippen LogP contribution in [0.3, 0.4) is 0 Å². The van der Waals surface area contributed by atoms with Gasteiger partial charge in [0.25, 0.3) is 0 Å². The van der Waals surface area contributed by atoms with E-state index in [1.807, 2.05) is 59.6 Å². The predicted molar refractivity (Wildman–Crippen MR) is 130 cm³/mol. The Balaban J connectivity index is 1.69. The van der Waals surface area contributed by atoms with E-state index in [0.717, 1.165) is 21.5 Å². The minimum Gasteiger partial charge on any atom is -0.506 e. The summed E-state index contributed by atoms with van der Waals surface area (Å²) in [7, 11) is 0. The minimum atomic E-state index is -0.218. The van der Waals surface area contributed by atoms with Crippen LogP contribution in [0.5, 0.6) is 5.75 Å². The number of benzene rings is 2. The topological polar surface area (TPSA) is 53.3 Å². The monoisotopic (exact) mass is 490 g/mol. The molecule has 2 aromatic carbocycles. The third-order valence-electron chi connectivity index (χ3n) is 5.41. The summed E-state index contributed by atoms with van der Waals surface area (Å²) >= 11 is 9.32. The number of nitrogens with one attached hydrogen (secondary N) is 1. The number of nitrogens with zero attached hydrogens (tertiary/aromatic N) is 3. The number of aromatic nitrogens is 2. The van der Waals surface area contributed by atoms with Crippen molar-refractivity contribution >= 4 is 38.9 Å². The molecule has 0 saturated carbocycles.